The minimum absolute atomic E-state index is 0.193. The van der Waals surface area contributed by atoms with Crippen LogP contribution in [0.25, 0.3) is 0 Å². The van der Waals surface area contributed by atoms with Gasteiger partial charge in [0.2, 0.25) is 0 Å². The van der Waals surface area contributed by atoms with Crippen LogP contribution in [-0.4, -0.2) is 29.0 Å². The lowest BCUT2D eigenvalue weighted by Gasteiger charge is -2.25. The van der Waals surface area contributed by atoms with E-state index >= 15 is 0 Å². The molecule has 0 spiro atoms. The van der Waals surface area contributed by atoms with Gasteiger partial charge in [-0.25, -0.2) is 0 Å². The normalized spacial score (nSPS) is 16.9. The highest BCUT2D eigenvalue weighted by Crippen LogP contribution is 2.27. The summed E-state index contributed by atoms with van der Waals surface area (Å²) in [7, 11) is 0. The number of rotatable bonds is 7. The second-order valence-electron chi connectivity index (χ2n) is 5.71. The average molecular weight is 278 g/mol. The summed E-state index contributed by atoms with van der Waals surface area (Å²) in [6.45, 7) is 4.89. The lowest BCUT2D eigenvalue weighted by atomic mass is 9.90. The number of benzene rings is 1. The minimum atomic E-state index is -0.635. The maximum atomic E-state index is 10.1. The average Bonchev–Trinajstić information content (AvgIpc) is 2.93. The maximum Gasteiger partial charge on any atom is 0.122 e. The van der Waals surface area contributed by atoms with Crippen molar-refractivity contribution in [1.29, 1.82) is 0 Å². The van der Waals surface area contributed by atoms with Crippen LogP contribution in [0.1, 0.15) is 44.2 Å². The van der Waals surface area contributed by atoms with Crippen LogP contribution in [-0.2, 0) is 12.8 Å². The van der Waals surface area contributed by atoms with Gasteiger partial charge in [0.1, 0.15) is 5.75 Å². The molecule has 1 aliphatic heterocycles. The van der Waals surface area contributed by atoms with Gasteiger partial charge in [0.25, 0.3) is 0 Å². The van der Waals surface area contributed by atoms with Gasteiger partial charge >= 0.3 is 0 Å². The fourth-order valence-electron chi connectivity index (χ4n) is 2.97. The van der Waals surface area contributed by atoms with Crippen molar-refractivity contribution in [2.75, 3.05) is 6.61 Å². The first-order chi connectivity index (χ1) is 9.65. The highest BCUT2D eigenvalue weighted by Gasteiger charge is 2.23. The largest absolute Gasteiger partial charge is 0.493 e. The van der Waals surface area contributed by atoms with Crippen molar-refractivity contribution in [1.82, 2.24) is 0 Å². The molecule has 1 heterocycles. The van der Waals surface area contributed by atoms with Crippen LogP contribution in [0.3, 0.4) is 0 Å². The Balaban J connectivity index is 1.88. The summed E-state index contributed by atoms with van der Waals surface area (Å²) in [4.78, 5) is 0. The van der Waals surface area contributed by atoms with Crippen molar-refractivity contribution in [3.05, 3.63) is 29.3 Å². The molecule has 0 amide bonds. The van der Waals surface area contributed by atoms with E-state index in [0.29, 0.717) is 6.42 Å². The molecule has 0 aliphatic carbocycles. The lowest BCUT2D eigenvalue weighted by Crippen LogP contribution is -2.33. The quantitative estimate of drug-likeness (QED) is 0.806. The fourth-order valence-corrected chi connectivity index (χ4v) is 2.97. The molecule has 20 heavy (non-hydrogen) atoms. The lowest BCUT2D eigenvalue weighted by molar-refractivity contribution is -0.0229. The summed E-state index contributed by atoms with van der Waals surface area (Å²) in [6, 6.07) is 6.24. The summed E-state index contributed by atoms with van der Waals surface area (Å²) in [5.74, 6) is 1.18. The SMILES string of the molecule is CCC(CC)C(O)C(O)CCc1ccc2c(c1)CCO2. The van der Waals surface area contributed by atoms with E-state index in [9.17, 15) is 10.2 Å². The number of aliphatic hydroxyl groups excluding tert-OH is 2. The highest BCUT2D eigenvalue weighted by atomic mass is 16.5. The van der Waals surface area contributed by atoms with E-state index in [1.165, 1.54) is 11.1 Å². The van der Waals surface area contributed by atoms with Crippen LogP contribution in [0.2, 0.25) is 0 Å². The second kappa shape index (κ2) is 7.09. The van der Waals surface area contributed by atoms with Gasteiger partial charge < -0.3 is 14.9 Å². The molecule has 2 unspecified atom stereocenters. The summed E-state index contributed by atoms with van der Waals surface area (Å²) in [6.07, 6.45) is 2.95. The van der Waals surface area contributed by atoms with Crippen molar-refractivity contribution >= 4 is 0 Å². The number of aliphatic hydroxyl groups is 2. The smallest absolute Gasteiger partial charge is 0.122 e. The summed E-state index contributed by atoms with van der Waals surface area (Å²) >= 11 is 0. The van der Waals surface area contributed by atoms with Crippen molar-refractivity contribution in [3.63, 3.8) is 0 Å². The van der Waals surface area contributed by atoms with Crippen LogP contribution in [0.4, 0.5) is 0 Å². The zero-order valence-electron chi connectivity index (χ0n) is 12.5. The Morgan fingerprint density at radius 1 is 1.20 bits per heavy atom. The number of fused-ring (bicyclic) bond motifs is 1. The molecular weight excluding hydrogens is 252 g/mol. The molecule has 0 aromatic heterocycles. The predicted molar refractivity (Wildman–Crippen MR) is 80.0 cm³/mol. The van der Waals surface area contributed by atoms with Crippen molar-refractivity contribution in [2.45, 2.75) is 58.2 Å². The molecule has 3 heteroatoms. The maximum absolute atomic E-state index is 10.1. The predicted octanol–water partition coefficient (Wildman–Crippen LogP) is 2.71. The molecule has 112 valence electrons. The Bertz CT molecular complexity index is 426. The topological polar surface area (TPSA) is 49.7 Å². The monoisotopic (exact) mass is 278 g/mol. The Hall–Kier alpha value is -1.06. The summed E-state index contributed by atoms with van der Waals surface area (Å²) in [5, 5.41) is 20.3. The van der Waals surface area contributed by atoms with Gasteiger partial charge in [0, 0.05) is 6.42 Å². The van der Waals surface area contributed by atoms with E-state index < -0.39 is 12.2 Å². The minimum Gasteiger partial charge on any atom is -0.493 e. The molecule has 1 aromatic carbocycles. The number of ether oxygens (including phenoxy) is 1. The van der Waals surface area contributed by atoms with Crippen molar-refractivity contribution in [2.24, 2.45) is 5.92 Å². The molecule has 0 bridgehead atoms. The first-order valence-electron chi connectivity index (χ1n) is 7.76. The molecule has 0 saturated carbocycles. The van der Waals surface area contributed by atoms with Gasteiger partial charge in [-0.15, -0.1) is 0 Å². The number of hydrogen-bond donors (Lipinski definition) is 2. The molecule has 3 nitrogen and oxygen atoms in total. The summed E-state index contributed by atoms with van der Waals surface area (Å²) in [5.41, 5.74) is 2.47. The number of hydrogen-bond acceptors (Lipinski definition) is 3. The first kappa shape index (κ1) is 15.3. The third-order valence-electron chi connectivity index (χ3n) is 4.41. The molecule has 1 aromatic rings. The standard InChI is InChI=1S/C17H26O3/c1-3-13(4-2)17(19)15(18)7-5-12-6-8-16-14(11-12)9-10-20-16/h6,8,11,13,15,17-19H,3-5,7,9-10H2,1-2H3. The Labute approximate surface area is 121 Å². The van der Waals surface area contributed by atoms with Crippen LogP contribution < -0.4 is 4.74 Å². The van der Waals surface area contributed by atoms with Crippen LogP contribution in [0.15, 0.2) is 18.2 Å². The van der Waals surface area contributed by atoms with Gasteiger partial charge in [-0.3, -0.25) is 0 Å². The molecule has 0 radical (unpaired) electrons. The molecule has 2 atom stereocenters. The van der Waals surface area contributed by atoms with E-state index in [2.05, 4.69) is 26.0 Å². The Morgan fingerprint density at radius 2 is 1.95 bits per heavy atom. The number of aryl methyl sites for hydroxylation is 1. The molecule has 1 aliphatic rings. The third-order valence-corrected chi connectivity index (χ3v) is 4.41. The second-order valence-corrected chi connectivity index (χ2v) is 5.71. The molecule has 2 N–H and O–H groups in total. The van der Waals surface area contributed by atoms with E-state index in [0.717, 1.165) is 38.0 Å². The van der Waals surface area contributed by atoms with Crippen LogP contribution in [0, 0.1) is 5.92 Å². The van der Waals surface area contributed by atoms with Crippen LogP contribution >= 0.6 is 0 Å². The van der Waals surface area contributed by atoms with E-state index in [1.54, 1.807) is 0 Å². The fraction of sp³-hybridized carbons (Fsp3) is 0.647. The molecule has 0 fully saturated rings. The molecule has 2 rings (SSSR count). The van der Waals surface area contributed by atoms with Gasteiger partial charge in [-0.2, -0.15) is 0 Å². The summed E-state index contributed by atoms with van der Waals surface area (Å²) < 4.78 is 5.49. The van der Waals surface area contributed by atoms with Gasteiger partial charge in [-0.05, 0) is 36.0 Å². The van der Waals surface area contributed by atoms with Crippen molar-refractivity contribution in [3.8, 4) is 5.75 Å². The van der Waals surface area contributed by atoms with Crippen molar-refractivity contribution < 1.29 is 14.9 Å². The Morgan fingerprint density at radius 3 is 2.65 bits per heavy atom. The van der Waals surface area contributed by atoms with E-state index in [4.69, 9.17) is 4.74 Å². The van der Waals surface area contributed by atoms with E-state index in [-0.39, 0.29) is 5.92 Å². The van der Waals surface area contributed by atoms with Gasteiger partial charge in [0.05, 0.1) is 18.8 Å². The van der Waals surface area contributed by atoms with Gasteiger partial charge in [0.15, 0.2) is 0 Å². The highest BCUT2D eigenvalue weighted by molar-refractivity contribution is 5.39. The molecule has 0 saturated heterocycles. The third kappa shape index (κ3) is 3.53. The zero-order chi connectivity index (χ0) is 14.5. The van der Waals surface area contributed by atoms with E-state index in [1.807, 2.05) is 6.07 Å². The Kier molecular flexibility index (Phi) is 5.44. The zero-order valence-corrected chi connectivity index (χ0v) is 12.5. The van der Waals surface area contributed by atoms with Crippen LogP contribution in [0.5, 0.6) is 5.75 Å². The molecular formula is C17H26O3. The first-order valence-corrected chi connectivity index (χ1v) is 7.76. The van der Waals surface area contributed by atoms with Gasteiger partial charge in [-0.1, -0.05) is 38.8 Å².